The molecule has 4 nitrogen and oxygen atoms in total. The number of likely N-dealkylation sites (N-methyl/N-ethyl adjacent to an activating group) is 1. The largest absolute Gasteiger partial charge is 0.491 e. The molecule has 0 aromatic heterocycles. The molecule has 0 unspecified atom stereocenters. The fraction of sp³-hybridized carbons (Fsp3) is 0.619. The van der Waals surface area contributed by atoms with Crippen molar-refractivity contribution in [3.8, 4) is 0 Å². The van der Waals surface area contributed by atoms with Crippen LogP contribution in [0.4, 0.5) is 0 Å². The number of benzene rings is 1. The van der Waals surface area contributed by atoms with Crippen molar-refractivity contribution in [1.82, 2.24) is 10.6 Å². The zero-order chi connectivity index (χ0) is 18.8. The van der Waals surface area contributed by atoms with Crippen LogP contribution in [0.25, 0.3) is 6.08 Å². The van der Waals surface area contributed by atoms with E-state index in [1.807, 2.05) is 7.05 Å². The Morgan fingerprint density at radius 2 is 1.69 bits per heavy atom. The first kappa shape index (κ1) is 19.6. The second kappa shape index (κ2) is 7.85. The van der Waals surface area contributed by atoms with Gasteiger partial charge in [-0.3, -0.25) is 0 Å². The Morgan fingerprint density at radius 3 is 2.23 bits per heavy atom. The molecule has 0 saturated carbocycles. The minimum Gasteiger partial charge on any atom is -0.400 e. The van der Waals surface area contributed by atoms with E-state index in [1.165, 1.54) is 24.0 Å². The summed E-state index contributed by atoms with van der Waals surface area (Å²) >= 11 is 0. The number of hydrogen-bond donors (Lipinski definition) is 2. The van der Waals surface area contributed by atoms with Crippen LogP contribution in [-0.2, 0) is 9.31 Å². The number of rotatable bonds is 5. The van der Waals surface area contributed by atoms with Crippen LogP contribution < -0.4 is 10.6 Å². The van der Waals surface area contributed by atoms with E-state index in [1.54, 1.807) is 0 Å². The molecule has 0 bridgehead atoms. The normalized spacial score (nSPS) is 23.4. The molecular weight excluding hydrogens is 323 g/mol. The summed E-state index contributed by atoms with van der Waals surface area (Å²) in [6, 6.07) is 9.00. The van der Waals surface area contributed by atoms with Gasteiger partial charge in [-0.15, -0.1) is 0 Å². The Morgan fingerprint density at radius 1 is 1.12 bits per heavy atom. The van der Waals surface area contributed by atoms with Crippen molar-refractivity contribution >= 4 is 13.2 Å². The maximum atomic E-state index is 6.23. The highest BCUT2D eigenvalue weighted by Gasteiger charge is 2.52. The Bertz CT molecular complexity index is 618. The maximum Gasteiger partial charge on any atom is 0.491 e. The van der Waals surface area contributed by atoms with Crippen molar-refractivity contribution in [2.24, 2.45) is 0 Å². The van der Waals surface area contributed by atoms with E-state index in [2.05, 4.69) is 68.7 Å². The van der Waals surface area contributed by atoms with Crippen LogP contribution in [0.3, 0.4) is 0 Å². The van der Waals surface area contributed by atoms with E-state index >= 15 is 0 Å². The Balaban J connectivity index is 1.76. The summed E-state index contributed by atoms with van der Waals surface area (Å²) in [5, 5.41) is 6.68. The third kappa shape index (κ3) is 4.23. The molecule has 3 rings (SSSR count). The van der Waals surface area contributed by atoms with E-state index in [0.29, 0.717) is 5.92 Å². The van der Waals surface area contributed by atoms with E-state index in [-0.39, 0.29) is 18.3 Å². The second-order valence-corrected chi connectivity index (χ2v) is 8.53. The van der Waals surface area contributed by atoms with E-state index in [4.69, 9.17) is 9.31 Å². The highest BCUT2D eigenvalue weighted by atomic mass is 16.7. The van der Waals surface area contributed by atoms with Crippen LogP contribution in [0.1, 0.15) is 57.6 Å². The average Bonchev–Trinajstić information content (AvgIpc) is 2.84. The summed E-state index contributed by atoms with van der Waals surface area (Å²) in [4.78, 5) is 0. The van der Waals surface area contributed by atoms with Crippen LogP contribution in [0, 0.1) is 0 Å². The minimum absolute atomic E-state index is 0.309. The van der Waals surface area contributed by atoms with E-state index < -0.39 is 0 Å². The Labute approximate surface area is 158 Å². The van der Waals surface area contributed by atoms with Crippen LogP contribution in [-0.4, -0.2) is 45.0 Å². The molecule has 2 aliphatic heterocycles. The molecule has 2 saturated heterocycles. The molecule has 0 spiro atoms. The first-order valence-electron chi connectivity index (χ1n) is 9.84. The summed E-state index contributed by atoms with van der Waals surface area (Å²) < 4.78 is 12.5. The predicted molar refractivity (Wildman–Crippen MR) is 109 cm³/mol. The molecule has 26 heavy (non-hydrogen) atoms. The van der Waals surface area contributed by atoms with Crippen LogP contribution in [0.2, 0.25) is 0 Å². The van der Waals surface area contributed by atoms with Gasteiger partial charge in [-0.25, -0.2) is 0 Å². The minimum atomic E-state index is -0.316. The number of hydrogen-bond acceptors (Lipinski definition) is 4. The van der Waals surface area contributed by atoms with Gasteiger partial charge in [-0.05, 0) is 83.2 Å². The molecule has 0 radical (unpaired) electrons. The Hall–Kier alpha value is -1.14. The van der Waals surface area contributed by atoms with Crippen molar-refractivity contribution in [2.75, 3.05) is 26.7 Å². The number of nitrogens with one attached hydrogen (secondary N) is 2. The van der Waals surface area contributed by atoms with Gasteiger partial charge in [0.2, 0.25) is 0 Å². The monoisotopic (exact) mass is 356 g/mol. The molecule has 142 valence electrons. The van der Waals surface area contributed by atoms with E-state index in [9.17, 15) is 0 Å². The summed E-state index contributed by atoms with van der Waals surface area (Å²) in [7, 11) is 1.65. The lowest BCUT2D eigenvalue weighted by Crippen LogP contribution is -2.41. The molecule has 2 heterocycles. The Kier molecular flexibility index (Phi) is 5.92. The van der Waals surface area contributed by atoms with Crippen LogP contribution >= 0.6 is 0 Å². The van der Waals surface area contributed by atoms with Crippen molar-refractivity contribution in [3.63, 3.8) is 0 Å². The first-order valence-corrected chi connectivity index (χ1v) is 9.84. The van der Waals surface area contributed by atoms with Gasteiger partial charge in [0.1, 0.15) is 0 Å². The van der Waals surface area contributed by atoms with Gasteiger partial charge in [0.05, 0.1) is 11.2 Å². The molecule has 0 atom stereocenters. The summed E-state index contributed by atoms with van der Waals surface area (Å²) in [6.45, 7) is 11.4. The average molecular weight is 356 g/mol. The SMILES string of the molecule is CNCC(=Cc1ccc(C2CCNCC2)cc1)B1OC(C)(C)C(C)(C)O1. The highest BCUT2D eigenvalue weighted by molar-refractivity contribution is 6.55. The van der Waals surface area contributed by atoms with E-state index in [0.717, 1.165) is 25.1 Å². The molecule has 5 heteroatoms. The molecule has 1 aromatic carbocycles. The molecule has 2 fully saturated rings. The summed E-state index contributed by atoms with van der Waals surface area (Å²) in [6.07, 6.45) is 4.66. The third-order valence-electron chi connectivity index (χ3n) is 6.04. The van der Waals surface area contributed by atoms with Crippen molar-refractivity contribution in [1.29, 1.82) is 0 Å². The van der Waals surface area contributed by atoms with Gasteiger partial charge in [0, 0.05) is 6.54 Å². The molecule has 2 aliphatic rings. The van der Waals surface area contributed by atoms with Crippen molar-refractivity contribution in [3.05, 3.63) is 40.9 Å². The van der Waals surface area contributed by atoms with Gasteiger partial charge < -0.3 is 19.9 Å². The van der Waals surface area contributed by atoms with Gasteiger partial charge in [0.15, 0.2) is 0 Å². The predicted octanol–water partition coefficient (Wildman–Crippen LogP) is 3.39. The van der Waals surface area contributed by atoms with Gasteiger partial charge in [-0.1, -0.05) is 30.3 Å². The zero-order valence-corrected chi connectivity index (χ0v) is 16.9. The topological polar surface area (TPSA) is 42.5 Å². The fourth-order valence-electron chi connectivity index (χ4n) is 3.63. The van der Waals surface area contributed by atoms with Crippen LogP contribution in [0.5, 0.6) is 0 Å². The maximum absolute atomic E-state index is 6.23. The highest BCUT2D eigenvalue weighted by Crippen LogP contribution is 2.38. The summed E-state index contributed by atoms with van der Waals surface area (Å²) in [5.41, 5.74) is 3.14. The molecule has 0 amide bonds. The smallest absolute Gasteiger partial charge is 0.400 e. The lowest BCUT2D eigenvalue weighted by Gasteiger charge is -2.32. The fourth-order valence-corrected chi connectivity index (χ4v) is 3.63. The first-order chi connectivity index (χ1) is 12.3. The zero-order valence-electron chi connectivity index (χ0n) is 16.9. The third-order valence-corrected chi connectivity index (χ3v) is 6.04. The lowest BCUT2D eigenvalue weighted by atomic mass is 9.77. The molecule has 0 aliphatic carbocycles. The molecule has 1 aromatic rings. The van der Waals surface area contributed by atoms with Crippen molar-refractivity contribution in [2.45, 2.75) is 57.7 Å². The van der Waals surface area contributed by atoms with Gasteiger partial charge in [-0.2, -0.15) is 0 Å². The molecule has 2 N–H and O–H groups in total. The van der Waals surface area contributed by atoms with Crippen LogP contribution in [0.15, 0.2) is 29.7 Å². The van der Waals surface area contributed by atoms with Crippen molar-refractivity contribution < 1.29 is 9.31 Å². The van der Waals surface area contributed by atoms with Gasteiger partial charge >= 0.3 is 7.12 Å². The second-order valence-electron chi connectivity index (χ2n) is 8.53. The lowest BCUT2D eigenvalue weighted by molar-refractivity contribution is 0.00578. The van der Waals surface area contributed by atoms with Gasteiger partial charge in [0.25, 0.3) is 0 Å². The quantitative estimate of drug-likeness (QED) is 0.794. The standard InChI is InChI=1S/C21H33BN2O2/c1-20(2)21(3,4)26-22(25-20)19(15-23-5)14-16-6-8-17(9-7-16)18-10-12-24-13-11-18/h6-9,14,18,23-24H,10-13,15H2,1-5H3. The molecular formula is C21H33BN2O2. The number of piperidine rings is 1. The summed E-state index contributed by atoms with van der Waals surface area (Å²) in [5.74, 6) is 0.689.